The first-order chi connectivity index (χ1) is 19.1. The lowest BCUT2D eigenvalue weighted by atomic mass is 9.78. The van der Waals surface area contributed by atoms with Gasteiger partial charge in [-0.25, -0.2) is 13.5 Å². The number of hydrogen-bond acceptors (Lipinski definition) is 9. The first kappa shape index (κ1) is 28.5. The largest absolute Gasteiger partial charge is 0.394 e. The first-order valence-electron chi connectivity index (χ1n) is 13.5. The van der Waals surface area contributed by atoms with Crippen molar-refractivity contribution in [3.8, 4) is 11.3 Å². The van der Waals surface area contributed by atoms with Crippen molar-refractivity contribution in [2.45, 2.75) is 94.5 Å². The summed E-state index contributed by atoms with van der Waals surface area (Å²) in [6, 6.07) is 2.16. The van der Waals surface area contributed by atoms with Crippen molar-refractivity contribution < 1.29 is 38.1 Å². The summed E-state index contributed by atoms with van der Waals surface area (Å²) in [5, 5.41) is 36.5. The number of rotatable bonds is 7. The van der Waals surface area contributed by atoms with Gasteiger partial charge in [0.2, 0.25) is 5.91 Å². The molecule has 1 amide bonds. The predicted octanol–water partition coefficient (Wildman–Crippen LogP) is 2.19. The van der Waals surface area contributed by atoms with Crippen LogP contribution < -0.4 is 5.32 Å². The van der Waals surface area contributed by atoms with Gasteiger partial charge in [0.05, 0.1) is 24.6 Å². The first-order valence-corrected chi connectivity index (χ1v) is 13.5. The standard InChI is InChI=1S/C27H35F2N5O6/c1-14-4-5-18(23(29)22(14)28)19-12-34(33-31-19)24-25(37)21(13-35)39-20(26(24)38-3)10-17-11-27(40-32-17)8-6-16(7-9-27)30-15(2)36/h4-5,12,16,20-21,24-26,35,37H,6-11,13H2,1-3H3,(H,30,36)/t16?,20-,21-,24+,25+,26+,27?/m1/s1. The summed E-state index contributed by atoms with van der Waals surface area (Å²) in [4.78, 5) is 17.3. The van der Waals surface area contributed by atoms with Crippen LogP contribution in [0.2, 0.25) is 0 Å². The van der Waals surface area contributed by atoms with E-state index in [1.54, 1.807) is 0 Å². The van der Waals surface area contributed by atoms with Gasteiger partial charge in [0.15, 0.2) is 11.6 Å². The van der Waals surface area contributed by atoms with Crippen LogP contribution in [0.25, 0.3) is 11.3 Å². The molecule has 3 N–H and O–H groups in total. The molecule has 13 heteroatoms. The highest BCUT2D eigenvalue weighted by Gasteiger charge is 2.49. The zero-order valence-electron chi connectivity index (χ0n) is 22.7. The van der Waals surface area contributed by atoms with Crippen LogP contribution >= 0.6 is 0 Å². The number of carbonyl (C=O) groups excluding carboxylic acids is 1. The Balaban J connectivity index is 1.32. The molecule has 2 aromatic rings. The Bertz CT molecular complexity index is 1260. The molecule has 40 heavy (non-hydrogen) atoms. The summed E-state index contributed by atoms with van der Waals surface area (Å²) < 4.78 is 42.0. The van der Waals surface area contributed by atoms with E-state index in [4.69, 9.17) is 14.3 Å². The summed E-state index contributed by atoms with van der Waals surface area (Å²) >= 11 is 0. The number of oxime groups is 1. The Morgan fingerprint density at radius 1 is 1.25 bits per heavy atom. The fourth-order valence-corrected chi connectivity index (χ4v) is 6.10. The van der Waals surface area contributed by atoms with E-state index in [-0.39, 0.29) is 28.8 Å². The van der Waals surface area contributed by atoms with Crippen molar-refractivity contribution in [3.63, 3.8) is 0 Å². The van der Waals surface area contributed by atoms with Crippen LogP contribution in [0.4, 0.5) is 8.78 Å². The van der Waals surface area contributed by atoms with Crippen LogP contribution in [0.3, 0.4) is 0 Å². The van der Waals surface area contributed by atoms with Crippen LogP contribution in [-0.4, -0.2) is 86.6 Å². The molecular weight excluding hydrogens is 528 g/mol. The average Bonchev–Trinajstić information content (AvgIpc) is 3.56. The Labute approximate surface area is 230 Å². The van der Waals surface area contributed by atoms with Gasteiger partial charge in [0, 0.05) is 38.5 Å². The third-order valence-corrected chi connectivity index (χ3v) is 8.24. The number of aliphatic hydroxyl groups is 2. The maximum Gasteiger partial charge on any atom is 0.217 e. The number of amides is 1. The van der Waals surface area contributed by atoms with Gasteiger partial charge in [-0.3, -0.25) is 4.79 Å². The minimum absolute atomic E-state index is 0.0453. The lowest BCUT2D eigenvalue weighted by Gasteiger charge is -2.43. The third-order valence-electron chi connectivity index (χ3n) is 8.24. The molecule has 5 rings (SSSR count). The number of ether oxygens (including phenoxy) is 2. The molecule has 2 fully saturated rings. The second-order valence-electron chi connectivity index (χ2n) is 11.0. The Morgan fingerprint density at radius 3 is 2.67 bits per heavy atom. The highest BCUT2D eigenvalue weighted by Crippen LogP contribution is 2.41. The van der Waals surface area contributed by atoms with Gasteiger partial charge in [-0.2, -0.15) is 0 Å². The molecule has 3 aliphatic rings. The van der Waals surface area contributed by atoms with E-state index in [1.165, 1.54) is 44.0 Å². The van der Waals surface area contributed by atoms with Crippen molar-refractivity contribution in [3.05, 3.63) is 35.5 Å². The quantitative estimate of drug-likeness (QED) is 0.466. The second kappa shape index (κ2) is 11.5. The minimum Gasteiger partial charge on any atom is -0.394 e. The van der Waals surface area contributed by atoms with Gasteiger partial charge in [-0.15, -0.1) is 5.10 Å². The molecule has 1 aromatic carbocycles. The minimum atomic E-state index is -1.22. The SMILES string of the molecule is CO[C@@H]1[C@@H](n2cc(-c3ccc(C)c(F)c3F)nn2)[C@@H](O)[C@@H](CO)O[C@@H]1CC1=NOC2(CCC(NC(C)=O)CC2)C1. The zero-order valence-corrected chi connectivity index (χ0v) is 22.7. The van der Waals surface area contributed by atoms with Crippen LogP contribution in [0.15, 0.2) is 23.5 Å². The lowest BCUT2D eigenvalue weighted by Crippen LogP contribution is -2.57. The number of methoxy groups -OCH3 is 1. The molecule has 0 unspecified atom stereocenters. The topological polar surface area (TPSA) is 140 Å². The van der Waals surface area contributed by atoms with Crippen LogP contribution in [0.5, 0.6) is 0 Å². The van der Waals surface area contributed by atoms with Crippen molar-refractivity contribution >= 4 is 11.6 Å². The summed E-state index contributed by atoms with van der Waals surface area (Å²) in [6.45, 7) is 2.52. The van der Waals surface area contributed by atoms with Crippen molar-refractivity contribution in [1.82, 2.24) is 20.3 Å². The van der Waals surface area contributed by atoms with Gasteiger partial charge in [-0.1, -0.05) is 16.4 Å². The zero-order chi connectivity index (χ0) is 28.6. The predicted molar refractivity (Wildman–Crippen MR) is 138 cm³/mol. The van der Waals surface area contributed by atoms with E-state index in [0.717, 1.165) is 31.4 Å². The van der Waals surface area contributed by atoms with Gasteiger partial charge < -0.3 is 29.8 Å². The van der Waals surface area contributed by atoms with Crippen molar-refractivity contribution in [1.29, 1.82) is 0 Å². The normalized spacial score (nSPS) is 32.1. The second-order valence-corrected chi connectivity index (χ2v) is 11.0. The summed E-state index contributed by atoms with van der Waals surface area (Å²) in [6.07, 6.45) is 1.91. The van der Waals surface area contributed by atoms with E-state index >= 15 is 0 Å². The number of benzene rings is 1. The monoisotopic (exact) mass is 563 g/mol. The van der Waals surface area contributed by atoms with Crippen LogP contribution in [0.1, 0.15) is 57.1 Å². The highest BCUT2D eigenvalue weighted by molar-refractivity contribution is 5.86. The number of hydrogen-bond donors (Lipinski definition) is 3. The smallest absolute Gasteiger partial charge is 0.217 e. The average molecular weight is 564 g/mol. The third kappa shape index (κ3) is 5.47. The molecule has 1 aromatic heterocycles. The fourth-order valence-electron chi connectivity index (χ4n) is 6.10. The molecule has 1 aliphatic carbocycles. The molecule has 0 radical (unpaired) electrons. The Kier molecular flexibility index (Phi) is 8.18. The van der Waals surface area contributed by atoms with E-state index in [0.29, 0.717) is 12.8 Å². The number of nitrogens with zero attached hydrogens (tertiary/aromatic N) is 4. The molecule has 3 heterocycles. The molecule has 0 bridgehead atoms. The number of halogens is 2. The van der Waals surface area contributed by atoms with Crippen LogP contribution in [-0.2, 0) is 19.1 Å². The van der Waals surface area contributed by atoms with Gasteiger partial charge in [0.1, 0.15) is 35.6 Å². The molecule has 1 spiro atoms. The lowest BCUT2D eigenvalue weighted by molar-refractivity contribution is -0.210. The summed E-state index contributed by atoms with van der Waals surface area (Å²) in [7, 11) is 1.48. The van der Waals surface area contributed by atoms with Crippen molar-refractivity contribution in [2.75, 3.05) is 13.7 Å². The molecule has 1 saturated carbocycles. The fraction of sp³-hybridized carbons (Fsp3) is 0.630. The number of aliphatic hydroxyl groups excluding tert-OH is 2. The Morgan fingerprint density at radius 2 is 2.00 bits per heavy atom. The molecule has 5 atom stereocenters. The summed E-state index contributed by atoms with van der Waals surface area (Å²) in [5.41, 5.74) is 0.546. The molecular formula is C27H35F2N5O6. The van der Waals surface area contributed by atoms with Crippen LogP contribution in [0, 0.1) is 18.6 Å². The van der Waals surface area contributed by atoms with Gasteiger partial charge in [-0.05, 0) is 44.2 Å². The maximum atomic E-state index is 14.6. The van der Waals surface area contributed by atoms with E-state index in [1.807, 2.05) is 0 Å². The molecule has 2 aliphatic heterocycles. The maximum absolute atomic E-state index is 14.6. The van der Waals surface area contributed by atoms with E-state index in [2.05, 4.69) is 20.8 Å². The molecule has 218 valence electrons. The van der Waals surface area contributed by atoms with E-state index < -0.39 is 54.3 Å². The number of carbonyl (C=O) groups is 1. The highest BCUT2D eigenvalue weighted by atomic mass is 19.2. The van der Waals surface area contributed by atoms with Crippen molar-refractivity contribution in [2.24, 2.45) is 5.16 Å². The summed E-state index contributed by atoms with van der Waals surface area (Å²) in [5.74, 6) is -2.04. The molecule has 11 nitrogen and oxygen atoms in total. The van der Waals surface area contributed by atoms with Gasteiger partial charge >= 0.3 is 0 Å². The number of nitrogens with one attached hydrogen (secondary N) is 1. The number of aryl methyl sites for hydroxylation is 1. The van der Waals surface area contributed by atoms with E-state index in [9.17, 15) is 23.8 Å². The number of aromatic nitrogens is 3. The Hall–Kier alpha value is -3.00. The molecule has 1 saturated heterocycles. The van der Waals surface area contributed by atoms with Gasteiger partial charge in [0.25, 0.3) is 0 Å².